The van der Waals surface area contributed by atoms with Crippen LogP contribution in [0.1, 0.15) is 129 Å². The molecule has 0 spiro atoms. The standard InChI is InChI=1S/C29H57NO/c1-5-7-9-11-12-13-14-15-16-17-18-19-20-21-22-23-24-26-29(30(3)4)28-31-27-25-10-8-6-2/h12-13,15-16,29H,5-11,14,17-28H2,1-4H3. The van der Waals surface area contributed by atoms with E-state index in [1.165, 1.54) is 109 Å². The van der Waals surface area contributed by atoms with Crippen molar-refractivity contribution in [1.82, 2.24) is 4.90 Å². The Labute approximate surface area is 196 Å². The summed E-state index contributed by atoms with van der Waals surface area (Å²) >= 11 is 0. The van der Waals surface area contributed by atoms with Crippen LogP contribution in [0.4, 0.5) is 0 Å². The zero-order valence-electron chi connectivity index (χ0n) is 21.9. The fraction of sp³-hybridized carbons (Fsp3) is 0.862. The van der Waals surface area contributed by atoms with E-state index in [9.17, 15) is 0 Å². The molecule has 0 aliphatic carbocycles. The molecule has 1 atom stereocenters. The summed E-state index contributed by atoms with van der Waals surface area (Å²) in [6, 6.07) is 0.587. The lowest BCUT2D eigenvalue weighted by Crippen LogP contribution is -2.32. The Hall–Kier alpha value is -0.600. The van der Waals surface area contributed by atoms with Gasteiger partial charge >= 0.3 is 0 Å². The van der Waals surface area contributed by atoms with Crippen LogP contribution in [0.5, 0.6) is 0 Å². The Balaban J connectivity index is 3.45. The molecule has 2 nitrogen and oxygen atoms in total. The quantitative estimate of drug-likeness (QED) is 0.111. The summed E-state index contributed by atoms with van der Waals surface area (Å²) in [6.07, 6.45) is 33.2. The van der Waals surface area contributed by atoms with E-state index in [1.807, 2.05) is 0 Å². The number of unbranched alkanes of at least 4 members (excludes halogenated alkanes) is 13. The van der Waals surface area contributed by atoms with E-state index in [0.717, 1.165) is 19.6 Å². The molecule has 184 valence electrons. The zero-order chi connectivity index (χ0) is 22.8. The number of nitrogens with zero attached hydrogens (tertiary/aromatic N) is 1. The molecule has 0 heterocycles. The van der Waals surface area contributed by atoms with Gasteiger partial charge in [-0.25, -0.2) is 0 Å². The number of rotatable bonds is 24. The summed E-state index contributed by atoms with van der Waals surface area (Å²) in [5.74, 6) is 0. The summed E-state index contributed by atoms with van der Waals surface area (Å²) in [7, 11) is 4.40. The summed E-state index contributed by atoms with van der Waals surface area (Å²) in [6.45, 7) is 6.37. The third kappa shape index (κ3) is 23.9. The molecule has 0 aromatic carbocycles. The molecule has 0 radical (unpaired) electrons. The van der Waals surface area contributed by atoms with Crippen molar-refractivity contribution < 1.29 is 4.74 Å². The normalized spacial score (nSPS) is 13.2. The van der Waals surface area contributed by atoms with Crippen LogP contribution in [0.2, 0.25) is 0 Å². The lowest BCUT2D eigenvalue weighted by molar-refractivity contribution is 0.0722. The van der Waals surface area contributed by atoms with Crippen molar-refractivity contribution in [3.05, 3.63) is 24.3 Å². The number of hydrogen-bond acceptors (Lipinski definition) is 2. The SMILES string of the molecule is CCCCCC=CCC=CCCCCCCCCCC(COCCCCCC)N(C)C. The Bertz CT molecular complexity index is 388. The van der Waals surface area contributed by atoms with Crippen LogP contribution in [-0.2, 0) is 4.74 Å². The maximum Gasteiger partial charge on any atom is 0.0621 e. The highest BCUT2D eigenvalue weighted by molar-refractivity contribution is 4.92. The van der Waals surface area contributed by atoms with Gasteiger partial charge in [0.2, 0.25) is 0 Å². The Morgan fingerprint density at radius 2 is 1.13 bits per heavy atom. The van der Waals surface area contributed by atoms with Crippen LogP contribution in [0.25, 0.3) is 0 Å². The predicted molar refractivity (Wildman–Crippen MR) is 141 cm³/mol. The van der Waals surface area contributed by atoms with Crippen molar-refractivity contribution in [3.63, 3.8) is 0 Å². The van der Waals surface area contributed by atoms with Crippen LogP contribution in [0.3, 0.4) is 0 Å². The van der Waals surface area contributed by atoms with Gasteiger partial charge in [-0.1, -0.05) is 109 Å². The molecule has 31 heavy (non-hydrogen) atoms. The molecule has 0 fully saturated rings. The summed E-state index contributed by atoms with van der Waals surface area (Å²) in [4.78, 5) is 2.35. The molecular weight excluding hydrogens is 378 g/mol. The van der Waals surface area contributed by atoms with Gasteiger partial charge in [0.15, 0.2) is 0 Å². The van der Waals surface area contributed by atoms with Crippen molar-refractivity contribution in [2.24, 2.45) is 0 Å². The van der Waals surface area contributed by atoms with Gasteiger partial charge in [0.25, 0.3) is 0 Å². The van der Waals surface area contributed by atoms with Crippen LogP contribution in [0.15, 0.2) is 24.3 Å². The summed E-state index contributed by atoms with van der Waals surface area (Å²) in [5, 5.41) is 0. The topological polar surface area (TPSA) is 12.5 Å². The van der Waals surface area contributed by atoms with Crippen molar-refractivity contribution in [3.8, 4) is 0 Å². The lowest BCUT2D eigenvalue weighted by Gasteiger charge is -2.24. The number of likely N-dealkylation sites (N-methyl/N-ethyl adjacent to an activating group) is 1. The third-order valence-corrected chi connectivity index (χ3v) is 6.17. The van der Waals surface area contributed by atoms with Crippen LogP contribution < -0.4 is 0 Å². The highest BCUT2D eigenvalue weighted by Crippen LogP contribution is 2.13. The van der Waals surface area contributed by atoms with E-state index in [1.54, 1.807) is 0 Å². The minimum atomic E-state index is 0.587. The van der Waals surface area contributed by atoms with Crippen molar-refractivity contribution in [1.29, 1.82) is 0 Å². The Morgan fingerprint density at radius 3 is 1.74 bits per heavy atom. The van der Waals surface area contributed by atoms with Crippen LogP contribution in [-0.4, -0.2) is 38.3 Å². The van der Waals surface area contributed by atoms with Gasteiger partial charge in [0.05, 0.1) is 6.61 Å². The van der Waals surface area contributed by atoms with E-state index >= 15 is 0 Å². The van der Waals surface area contributed by atoms with Gasteiger partial charge in [-0.3, -0.25) is 0 Å². The molecule has 0 bridgehead atoms. The van der Waals surface area contributed by atoms with Crippen molar-refractivity contribution in [2.45, 2.75) is 135 Å². The van der Waals surface area contributed by atoms with Gasteiger partial charge in [-0.2, -0.15) is 0 Å². The fourth-order valence-corrected chi connectivity index (χ4v) is 3.89. The van der Waals surface area contributed by atoms with Crippen LogP contribution >= 0.6 is 0 Å². The molecule has 0 saturated heterocycles. The van der Waals surface area contributed by atoms with Gasteiger partial charge in [0, 0.05) is 12.6 Å². The fourth-order valence-electron chi connectivity index (χ4n) is 3.89. The van der Waals surface area contributed by atoms with E-state index in [2.05, 4.69) is 57.1 Å². The largest absolute Gasteiger partial charge is 0.380 e. The third-order valence-electron chi connectivity index (χ3n) is 6.17. The molecule has 1 unspecified atom stereocenters. The van der Waals surface area contributed by atoms with Gasteiger partial charge in [-0.05, 0) is 59.0 Å². The monoisotopic (exact) mass is 435 g/mol. The highest BCUT2D eigenvalue weighted by Gasteiger charge is 2.11. The molecular formula is C29H57NO. The summed E-state index contributed by atoms with van der Waals surface area (Å²) in [5.41, 5.74) is 0. The maximum atomic E-state index is 5.94. The first-order valence-electron chi connectivity index (χ1n) is 13.8. The van der Waals surface area contributed by atoms with E-state index < -0.39 is 0 Å². The van der Waals surface area contributed by atoms with Crippen molar-refractivity contribution >= 4 is 0 Å². The zero-order valence-corrected chi connectivity index (χ0v) is 21.9. The number of allylic oxidation sites excluding steroid dienone is 4. The van der Waals surface area contributed by atoms with Crippen LogP contribution in [0, 0.1) is 0 Å². The minimum Gasteiger partial charge on any atom is -0.380 e. The second kappa shape index (κ2) is 25.7. The average molecular weight is 436 g/mol. The second-order valence-electron chi connectivity index (χ2n) is 9.48. The van der Waals surface area contributed by atoms with Crippen molar-refractivity contribution in [2.75, 3.05) is 27.3 Å². The average Bonchev–Trinajstić information content (AvgIpc) is 2.76. The first-order valence-corrected chi connectivity index (χ1v) is 13.8. The number of hydrogen-bond donors (Lipinski definition) is 0. The smallest absolute Gasteiger partial charge is 0.0621 e. The van der Waals surface area contributed by atoms with Gasteiger partial charge in [0.1, 0.15) is 0 Å². The van der Waals surface area contributed by atoms with Gasteiger partial charge in [-0.15, -0.1) is 0 Å². The Kier molecular flexibility index (Phi) is 25.2. The second-order valence-corrected chi connectivity index (χ2v) is 9.48. The molecule has 0 aromatic rings. The minimum absolute atomic E-state index is 0.587. The van der Waals surface area contributed by atoms with Gasteiger partial charge < -0.3 is 9.64 Å². The maximum absolute atomic E-state index is 5.94. The summed E-state index contributed by atoms with van der Waals surface area (Å²) < 4.78 is 5.94. The first kappa shape index (κ1) is 30.4. The van der Waals surface area contributed by atoms with E-state index in [0.29, 0.717) is 6.04 Å². The van der Waals surface area contributed by atoms with E-state index in [4.69, 9.17) is 4.74 Å². The first-order chi connectivity index (χ1) is 15.2. The Morgan fingerprint density at radius 1 is 0.613 bits per heavy atom. The molecule has 2 heteroatoms. The molecule has 0 amide bonds. The molecule has 0 aliphatic heterocycles. The molecule has 0 N–H and O–H groups in total. The number of ether oxygens (including phenoxy) is 1. The lowest BCUT2D eigenvalue weighted by atomic mass is 10.0. The molecule has 0 aliphatic rings. The molecule has 0 saturated carbocycles. The highest BCUT2D eigenvalue weighted by atomic mass is 16.5. The predicted octanol–water partition coefficient (Wildman–Crippen LogP) is 9.11. The molecule has 0 rings (SSSR count). The van der Waals surface area contributed by atoms with E-state index in [-0.39, 0.29) is 0 Å². The molecule has 0 aromatic heterocycles.